The minimum Gasteiger partial charge on any atom is -0.319 e. The molecule has 0 aliphatic rings. The second-order valence-electron chi connectivity index (χ2n) is 4.47. The van der Waals surface area contributed by atoms with Crippen molar-refractivity contribution in [2.24, 2.45) is 0 Å². The molecule has 0 bridgehead atoms. The van der Waals surface area contributed by atoms with Crippen LogP contribution in [0.4, 0.5) is 14.5 Å². The molecule has 0 spiro atoms. The van der Waals surface area contributed by atoms with Gasteiger partial charge in [0.2, 0.25) is 0 Å². The molecule has 0 heterocycles. The Balaban J connectivity index is 2.35. The summed E-state index contributed by atoms with van der Waals surface area (Å²) in [6.07, 6.45) is 0. The Morgan fingerprint density at radius 2 is 1.70 bits per heavy atom. The monoisotopic (exact) mass is 339 g/mol. The molecule has 2 aromatic carbocycles. The third kappa shape index (κ3) is 2.88. The molecule has 0 unspecified atom stereocenters. The minimum atomic E-state index is -0.696. The number of hydrogen-bond donors (Lipinski definition) is 1. The van der Waals surface area contributed by atoms with Crippen LogP contribution < -0.4 is 5.32 Å². The van der Waals surface area contributed by atoms with Crippen LogP contribution in [0.5, 0.6) is 0 Å². The molecule has 20 heavy (non-hydrogen) atoms. The first-order valence-corrected chi connectivity index (χ1v) is 6.71. The fourth-order valence-electron chi connectivity index (χ4n) is 1.98. The van der Waals surface area contributed by atoms with E-state index in [4.69, 9.17) is 0 Å². The van der Waals surface area contributed by atoms with E-state index in [1.807, 2.05) is 6.07 Å². The maximum atomic E-state index is 13.7. The first kappa shape index (κ1) is 14.7. The molecule has 0 saturated carbocycles. The summed E-state index contributed by atoms with van der Waals surface area (Å²) in [5, 5.41) is 2.40. The summed E-state index contributed by atoms with van der Waals surface area (Å²) in [4.78, 5) is 12.2. The zero-order chi connectivity index (χ0) is 14.9. The molecule has 0 aliphatic heterocycles. The van der Waals surface area contributed by atoms with Crippen LogP contribution in [-0.2, 0) is 0 Å². The highest BCUT2D eigenvalue weighted by atomic mass is 79.9. The number of amides is 1. The van der Waals surface area contributed by atoms with Crippen LogP contribution in [0.2, 0.25) is 0 Å². The second-order valence-corrected chi connectivity index (χ2v) is 5.32. The summed E-state index contributed by atoms with van der Waals surface area (Å²) >= 11 is 2.89. The van der Waals surface area contributed by atoms with Crippen molar-refractivity contribution in [2.45, 2.75) is 13.8 Å². The molecule has 1 amide bonds. The normalized spacial score (nSPS) is 10.4. The predicted molar refractivity (Wildman–Crippen MR) is 77.9 cm³/mol. The number of hydrogen-bond acceptors (Lipinski definition) is 1. The van der Waals surface area contributed by atoms with Gasteiger partial charge in [-0.1, -0.05) is 18.2 Å². The van der Waals surface area contributed by atoms with Gasteiger partial charge in [-0.15, -0.1) is 0 Å². The first-order chi connectivity index (χ1) is 9.40. The second kappa shape index (κ2) is 5.71. The van der Waals surface area contributed by atoms with Gasteiger partial charge in [0.25, 0.3) is 5.91 Å². The number of carbonyl (C=O) groups excluding carboxylic acids is 1. The largest absolute Gasteiger partial charge is 0.319 e. The average Bonchev–Trinajstić information content (AvgIpc) is 2.35. The van der Waals surface area contributed by atoms with E-state index in [9.17, 15) is 13.6 Å². The van der Waals surface area contributed by atoms with Crippen molar-refractivity contribution in [1.29, 1.82) is 0 Å². The summed E-state index contributed by atoms with van der Waals surface area (Å²) in [7, 11) is 0. The molecular weight excluding hydrogens is 328 g/mol. The van der Waals surface area contributed by atoms with Crippen LogP contribution in [0.25, 0.3) is 0 Å². The SMILES string of the molecule is Cc1cccc(C)c1C(=O)Nc1cc(F)c(Br)cc1F. The Morgan fingerprint density at radius 3 is 2.30 bits per heavy atom. The lowest BCUT2D eigenvalue weighted by Crippen LogP contribution is -2.16. The predicted octanol–water partition coefficient (Wildman–Crippen LogP) is 4.60. The summed E-state index contributed by atoms with van der Waals surface area (Å²) < 4.78 is 27.1. The van der Waals surface area contributed by atoms with E-state index in [2.05, 4.69) is 21.2 Å². The third-order valence-corrected chi connectivity index (χ3v) is 3.57. The Labute approximate surface area is 123 Å². The Bertz CT molecular complexity index is 666. The van der Waals surface area contributed by atoms with Crippen molar-refractivity contribution in [2.75, 3.05) is 5.32 Å². The topological polar surface area (TPSA) is 29.1 Å². The van der Waals surface area contributed by atoms with E-state index in [1.54, 1.807) is 26.0 Å². The number of aryl methyl sites for hydroxylation is 2. The van der Waals surface area contributed by atoms with Crippen LogP contribution in [0.3, 0.4) is 0 Å². The van der Waals surface area contributed by atoms with Gasteiger partial charge in [0.05, 0.1) is 10.2 Å². The van der Waals surface area contributed by atoms with E-state index < -0.39 is 17.5 Å². The van der Waals surface area contributed by atoms with Crippen molar-refractivity contribution >= 4 is 27.5 Å². The van der Waals surface area contributed by atoms with E-state index in [1.165, 1.54) is 0 Å². The van der Waals surface area contributed by atoms with Crippen molar-refractivity contribution in [1.82, 2.24) is 0 Å². The van der Waals surface area contributed by atoms with Gasteiger partial charge >= 0.3 is 0 Å². The van der Waals surface area contributed by atoms with Crippen LogP contribution in [-0.4, -0.2) is 5.91 Å². The highest BCUT2D eigenvalue weighted by Gasteiger charge is 2.15. The quantitative estimate of drug-likeness (QED) is 0.796. The first-order valence-electron chi connectivity index (χ1n) is 5.92. The van der Waals surface area contributed by atoms with Gasteiger partial charge in [0, 0.05) is 11.6 Å². The summed E-state index contributed by atoms with van der Waals surface area (Å²) in [5.74, 6) is -1.79. The Hall–Kier alpha value is -1.75. The lowest BCUT2D eigenvalue weighted by Gasteiger charge is -2.11. The van der Waals surface area contributed by atoms with Crippen LogP contribution in [0.1, 0.15) is 21.5 Å². The average molecular weight is 340 g/mol. The smallest absolute Gasteiger partial charge is 0.256 e. The molecule has 104 valence electrons. The number of halogens is 3. The molecule has 5 heteroatoms. The fourth-order valence-corrected chi connectivity index (χ4v) is 2.29. The summed E-state index contributed by atoms with van der Waals surface area (Å²) in [5.41, 5.74) is 1.84. The van der Waals surface area contributed by atoms with Crippen LogP contribution in [0, 0.1) is 25.5 Å². The molecule has 2 nitrogen and oxygen atoms in total. The van der Waals surface area contributed by atoms with Gasteiger partial charge in [-0.2, -0.15) is 0 Å². The van der Waals surface area contributed by atoms with Gasteiger partial charge < -0.3 is 5.32 Å². The standard InChI is InChI=1S/C15H12BrF2NO/c1-8-4-3-5-9(2)14(8)15(20)19-13-7-11(17)10(16)6-12(13)18/h3-7H,1-2H3,(H,19,20). The number of rotatable bonds is 2. The zero-order valence-electron chi connectivity index (χ0n) is 10.9. The Kier molecular flexibility index (Phi) is 4.18. The molecule has 1 N–H and O–H groups in total. The molecule has 0 aliphatic carbocycles. The summed E-state index contributed by atoms with van der Waals surface area (Å²) in [6.45, 7) is 3.58. The van der Waals surface area contributed by atoms with E-state index in [-0.39, 0.29) is 10.2 Å². The van der Waals surface area contributed by atoms with Crippen LogP contribution >= 0.6 is 15.9 Å². The van der Waals surface area contributed by atoms with E-state index in [0.29, 0.717) is 5.56 Å². The highest BCUT2D eigenvalue weighted by Crippen LogP contribution is 2.24. The van der Waals surface area contributed by atoms with Gasteiger partial charge in [-0.25, -0.2) is 8.78 Å². The van der Waals surface area contributed by atoms with Crippen molar-refractivity contribution in [3.63, 3.8) is 0 Å². The fraction of sp³-hybridized carbons (Fsp3) is 0.133. The van der Waals surface area contributed by atoms with Gasteiger partial charge in [0.1, 0.15) is 11.6 Å². The van der Waals surface area contributed by atoms with Crippen molar-refractivity contribution in [3.05, 3.63) is 63.1 Å². The molecule has 2 rings (SSSR count). The number of carbonyl (C=O) groups is 1. The maximum absolute atomic E-state index is 13.7. The number of benzene rings is 2. The highest BCUT2D eigenvalue weighted by molar-refractivity contribution is 9.10. The third-order valence-electron chi connectivity index (χ3n) is 2.97. The van der Waals surface area contributed by atoms with E-state index in [0.717, 1.165) is 23.3 Å². The Morgan fingerprint density at radius 1 is 1.10 bits per heavy atom. The lowest BCUT2D eigenvalue weighted by molar-refractivity contribution is 0.102. The molecule has 0 saturated heterocycles. The number of anilines is 1. The minimum absolute atomic E-state index is 0.0140. The van der Waals surface area contributed by atoms with E-state index >= 15 is 0 Å². The number of nitrogens with one attached hydrogen (secondary N) is 1. The molecular formula is C15H12BrF2NO. The van der Waals surface area contributed by atoms with Crippen molar-refractivity contribution in [3.8, 4) is 0 Å². The van der Waals surface area contributed by atoms with Gasteiger partial charge in [0.15, 0.2) is 0 Å². The molecule has 0 atom stereocenters. The summed E-state index contributed by atoms with van der Waals surface area (Å²) in [6, 6.07) is 7.35. The molecule has 0 fully saturated rings. The van der Waals surface area contributed by atoms with Gasteiger partial charge in [-0.3, -0.25) is 4.79 Å². The maximum Gasteiger partial charge on any atom is 0.256 e. The molecule has 0 aromatic heterocycles. The van der Waals surface area contributed by atoms with Crippen molar-refractivity contribution < 1.29 is 13.6 Å². The lowest BCUT2D eigenvalue weighted by atomic mass is 10.0. The zero-order valence-corrected chi connectivity index (χ0v) is 12.5. The molecule has 2 aromatic rings. The molecule has 0 radical (unpaired) electrons. The van der Waals surface area contributed by atoms with Crippen LogP contribution in [0.15, 0.2) is 34.8 Å². The van der Waals surface area contributed by atoms with Gasteiger partial charge in [-0.05, 0) is 47.0 Å².